The first-order valence-electron chi connectivity index (χ1n) is 5.53. The number of halogens is 1. The number of hydrogen-bond acceptors (Lipinski definition) is 3. The summed E-state index contributed by atoms with van der Waals surface area (Å²) < 4.78 is 2.46. The van der Waals surface area contributed by atoms with Gasteiger partial charge in [-0.3, -0.25) is 9.48 Å². The molecule has 18 heavy (non-hydrogen) atoms. The Morgan fingerprint density at radius 1 is 1.44 bits per heavy atom. The molecule has 2 aromatic heterocycles. The maximum atomic E-state index is 11.8. The summed E-state index contributed by atoms with van der Waals surface area (Å²) in [6.45, 7) is 0.582. The van der Waals surface area contributed by atoms with E-state index in [1.165, 1.54) is 0 Å². The van der Waals surface area contributed by atoms with Crippen LogP contribution in [0.2, 0.25) is 0 Å². The first kappa shape index (κ1) is 12.8. The fourth-order valence-electron chi connectivity index (χ4n) is 1.60. The summed E-state index contributed by atoms with van der Waals surface area (Å²) in [5, 5.41) is 6.94. The lowest BCUT2D eigenvalue weighted by Gasteiger charge is -2.05. The van der Waals surface area contributed by atoms with Gasteiger partial charge in [-0.1, -0.05) is 0 Å². The molecule has 1 N–H and O–H groups in total. The Balaban J connectivity index is 1.87. The average molecular weight is 309 g/mol. The Kier molecular flexibility index (Phi) is 4.09. The highest BCUT2D eigenvalue weighted by atomic mass is 79.9. The molecule has 0 bridgehead atoms. The third-order valence-electron chi connectivity index (χ3n) is 2.58. The fourth-order valence-corrected chi connectivity index (χ4v) is 1.96. The summed E-state index contributed by atoms with van der Waals surface area (Å²) in [7, 11) is 1.89. The quantitative estimate of drug-likeness (QED) is 0.872. The first-order chi connectivity index (χ1) is 8.66. The topological polar surface area (TPSA) is 59.8 Å². The number of amides is 1. The van der Waals surface area contributed by atoms with Gasteiger partial charge in [0.05, 0.1) is 0 Å². The molecule has 0 aromatic carbocycles. The van der Waals surface area contributed by atoms with Crippen LogP contribution in [0, 0.1) is 0 Å². The van der Waals surface area contributed by atoms with E-state index in [1.54, 1.807) is 29.2 Å². The standard InChI is InChI=1S/C12H13BrN4O/c1-17-10(4-7-16-17)3-6-15-12(18)9-2-5-14-11(13)8-9/h2,4-5,7-8H,3,6H2,1H3,(H,15,18). The van der Waals surface area contributed by atoms with E-state index in [0.29, 0.717) is 16.7 Å². The van der Waals surface area contributed by atoms with E-state index in [0.717, 1.165) is 12.1 Å². The Labute approximate surface area is 113 Å². The number of pyridine rings is 1. The van der Waals surface area contributed by atoms with Crippen LogP contribution in [0.5, 0.6) is 0 Å². The molecule has 5 nitrogen and oxygen atoms in total. The van der Waals surface area contributed by atoms with Crippen LogP contribution < -0.4 is 5.32 Å². The number of nitrogens with zero attached hydrogens (tertiary/aromatic N) is 3. The van der Waals surface area contributed by atoms with Crippen LogP contribution >= 0.6 is 15.9 Å². The van der Waals surface area contributed by atoms with Gasteiger partial charge in [0.1, 0.15) is 4.60 Å². The largest absolute Gasteiger partial charge is 0.352 e. The van der Waals surface area contributed by atoms with Crippen LogP contribution in [0.4, 0.5) is 0 Å². The molecule has 2 aromatic rings. The molecule has 0 spiro atoms. The number of aromatic nitrogens is 3. The van der Waals surface area contributed by atoms with Gasteiger partial charge in [-0.2, -0.15) is 5.10 Å². The second-order valence-electron chi connectivity index (χ2n) is 3.82. The molecule has 2 rings (SSSR count). The predicted molar refractivity (Wildman–Crippen MR) is 71.2 cm³/mol. The van der Waals surface area contributed by atoms with Crippen molar-refractivity contribution in [1.82, 2.24) is 20.1 Å². The van der Waals surface area contributed by atoms with Gasteiger partial charge >= 0.3 is 0 Å². The lowest BCUT2D eigenvalue weighted by atomic mass is 10.2. The number of rotatable bonds is 4. The normalized spacial score (nSPS) is 10.3. The fraction of sp³-hybridized carbons (Fsp3) is 0.250. The number of carbonyl (C=O) groups is 1. The summed E-state index contributed by atoms with van der Waals surface area (Å²) in [4.78, 5) is 15.8. The Bertz CT molecular complexity index is 553. The van der Waals surface area contributed by atoms with Crippen molar-refractivity contribution in [2.75, 3.05) is 6.54 Å². The molecule has 94 valence electrons. The zero-order chi connectivity index (χ0) is 13.0. The van der Waals surface area contributed by atoms with Crippen molar-refractivity contribution in [3.05, 3.63) is 46.5 Å². The smallest absolute Gasteiger partial charge is 0.251 e. The minimum absolute atomic E-state index is 0.0970. The molecule has 0 saturated carbocycles. The number of hydrogen-bond donors (Lipinski definition) is 1. The minimum atomic E-state index is -0.0970. The zero-order valence-electron chi connectivity index (χ0n) is 9.93. The van der Waals surface area contributed by atoms with Gasteiger partial charge in [0.15, 0.2) is 0 Å². The zero-order valence-corrected chi connectivity index (χ0v) is 11.5. The number of aryl methyl sites for hydroxylation is 1. The average Bonchev–Trinajstić information content (AvgIpc) is 2.75. The summed E-state index contributed by atoms with van der Waals surface area (Å²) in [5.74, 6) is -0.0970. The SMILES string of the molecule is Cn1nccc1CCNC(=O)c1ccnc(Br)c1. The maximum Gasteiger partial charge on any atom is 0.251 e. The van der Waals surface area contributed by atoms with Crippen LogP contribution in [-0.4, -0.2) is 27.2 Å². The molecule has 0 saturated heterocycles. The molecule has 2 heterocycles. The second-order valence-corrected chi connectivity index (χ2v) is 4.63. The van der Waals surface area contributed by atoms with E-state index in [-0.39, 0.29) is 5.91 Å². The van der Waals surface area contributed by atoms with Crippen molar-refractivity contribution in [2.45, 2.75) is 6.42 Å². The Morgan fingerprint density at radius 2 is 2.28 bits per heavy atom. The second kappa shape index (κ2) is 5.77. The molecule has 0 radical (unpaired) electrons. The van der Waals surface area contributed by atoms with Crippen molar-refractivity contribution in [2.24, 2.45) is 7.05 Å². The van der Waals surface area contributed by atoms with Crippen LogP contribution in [0.3, 0.4) is 0 Å². The van der Waals surface area contributed by atoms with Crippen molar-refractivity contribution in [3.8, 4) is 0 Å². The molecular formula is C12H13BrN4O. The monoisotopic (exact) mass is 308 g/mol. The van der Waals surface area contributed by atoms with E-state index in [4.69, 9.17) is 0 Å². The summed E-state index contributed by atoms with van der Waals surface area (Å²) in [6.07, 6.45) is 4.10. The molecule has 6 heteroatoms. The summed E-state index contributed by atoms with van der Waals surface area (Å²) in [5.41, 5.74) is 1.69. The predicted octanol–water partition coefficient (Wildman–Crippen LogP) is 1.55. The minimum Gasteiger partial charge on any atom is -0.352 e. The third-order valence-corrected chi connectivity index (χ3v) is 3.01. The van der Waals surface area contributed by atoms with Crippen LogP contribution in [0.1, 0.15) is 16.1 Å². The van der Waals surface area contributed by atoms with Gasteiger partial charge in [-0.15, -0.1) is 0 Å². The van der Waals surface area contributed by atoms with Crippen LogP contribution in [-0.2, 0) is 13.5 Å². The van der Waals surface area contributed by atoms with Crippen LogP contribution in [0.25, 0.3) is 0 Å². The number of carbonyl (C=O) groups excluding carboxylic acids is 1. The Hall–Kier alpha value is -1.69. The first-order valence-corrected chi connectivity index (χ1v) is 6.33. The lowest BCUT2D eigenvalue weighted by Crippen LogP contribution is -2.26. The van der Waals surface area contributed by atoms with Gasteiger partial charge in [0.25, 0.3) is 5.91 Å². The lowest BCUT2D eigenvalue weighted by molar-refractivity contribution is 0.0954. The highest BCUT2D eigenvalue weighted by Gasteiger charge is 2.06. The van der Waals surface area contributed by atoms with Gasteiger partial charge in [0, 0.05) is 43.7 Å². The molecule has 0 aliphatic carbocycles. The van der Waals surface area contributed by atoms with Crippen molar-refractivity contribution < 1.29 is 4.79 Å². The van der Waals surface area contributed by atoms with E-state index in [1.807, 2.05) is 13.1 Å². The van der Waals surface area contributed by atoms with E-state index in [9.17, 15) is 4.79 Å². The van der Waals surface area contributed by atoms with Crippen molar-refractivity contribution in [3.63, 3.8) is 0 Å². The highest BCUT2D eigenvalue weighted by molar-refractivity contribution is 9.10. The van der Waals surface area contributed by atoms with Gasteiger partial charge < -0.3 is 5.32 Å². The maximum absolute atomic E-state index is 11.8. The molecule has 0 aliphatic heterocycles. The van der Waals surface area contributed by atoms with Crippen molar-refractivity contribution in [1.29, 1.82) is 0 Å². The van der Waals surface area contributed by atoms with E-state index >= 15 is 0 Å². The van der Waals surface area contributed by atoms with Gasteiger partial charge in [-0.25, -0.2) is 4.98 Å². The summed E-state index contributed by atoms with van der Waals surface area (Å²) >= 11 is 3.24. The van der Waals surface area contributed by atoms with Crippen molar-refractivity contribution >= 4 is 21.8 Å². The Morgan fingerprint density at radius 3 is 2.94 bits per heavy atom. The van der Waals surface area contributed by atoms with E-state index in [2.05, 4.69) is 31.3 Å². The highest BCUT2D eigenvalue weighted by Crippen LogP contribution is 2.07. The van der Waals surface area contributed by atoms with Gasteiger partial charge in [0.2, 0.25) is 0 Å². The van der Waals surface area contributed by atoms with E-state index < -0.39 is 0 Å². The molecule has 0 unspecified atom stereocenters. The molecule has 0 fully saturated rings. The summed E-state index contributed by atoms with van der Waals surface area (Å²) in [6, 6.07) is 5.32. The van der Waals surface area contributed by atoms with Gasteiger partial charge in [-0.05, 0) is 34.1 Å². The number of nitrogens with one attached hydrogen (secondary N) is 1. The molecule has 0 atom stereocenters. The molecule has 1 amide bonds. The molecular weight excluding hydrogens is 296 g/mol. The van der Waals surface area contributed by atoms with Crippen LogP contribution in [0.15, 0.2) is 35.2 Å². The third kappa shape index (κ3) is 3.16. The molecule has 0 aliphatic rings.